The third-order valence-corrected chi connectivity index (χ3v) is 6.15. The largest absolute Gasteiger partial charge is 0.465 e. The van der Waals surface area contributed by atoms with Gasteiger partial charge in [-0.3, -0.25) is 4.79 Å². The van der Waals surface area contributed by atoms with Crippen molar-refractivity contribution in [1.29, 1.82) is 0 Å². The number of hydrogen-bond acceptors (Lipinski definition) is 2. The molecule has 0 aromatic rings. The maximum Gasteiger partial charge on any atom is 0.305 e. The summed E-state index contributed by atoms with van der Waals surface area (Å²) in [5, 5.41) is 0. The van der Waals surface area contributed by atoms with Crippen LogP contribution in [0.15, 0.2) is 0 Å². The zero-order valence-electron chi connectivity index (χ0n) is 20.5. The first-order chi connectivity index (χ1) is 14.2. The summed E-state index contributed by atoms with van der Waals surface area (Å²) in [5.41, 5.74) is 0. The fourth-order valence-electron chi connectivity index (χ4n) is 4.07. The molecule has 29 heavy (non-hydrogen) atoms. The summed E-state index contributed by atoms with van der Waals surface area (Å²) in [4.78, 5) is 12.0. The summed E-state index contributed by atoms with van der Waals surface area (Å²) in [6.07, 6.45) is 26.8. The Morgan fingerprint density at radius 1 is 0.552 bits per heavy atom. The Balaban J connectivity index is 3.97. The van der Waals surface area contributed by atoms with Crippen LogP contribution in [0.25, 0.3) is 0 Å². The quantitative estimate of drug-likeness (QED) is 0.124. The predicted octanol–water partition coefficient (Wildman–Crippen LogP) is 9.40. The van der Waals surface area contributed by atoms with Gasteiger partial charge in [-0.05, 0) is 25.2 Å². The second kappa shape index (κ2) is 23.7. The van der Waals surface area contributed by atoms with E-state index in [-0.39, 0.29) is 5.97 Å². The number of ether oxygens (including phenoxy) is 1. The van der Waals surface area contributed by atoms with Crippen molar-refractivity contribution in [3.8, 4) is 0 Å². The molecular formula is C27H54O2. The fraction of sp³-hybridized carbons (Fsp3) is 0.963. The number of carbonyl (C=O) groups is 1. The molecule has 0 saturated heterocycles. The summed E-state index contributed by atoms with van der Waals surface area (Å²) in [6.45, 7) is 7.42. The van der Waals surface area contributed by atoms with Crippen LogP contribution in [0, 0.1) is 5.92 Å². The predicted molar refractivity (Wildman–Crippen MR) is 128 cm³/mol. The van der Waals surface area contributed by atoms with E-state index >= 15 is 0 Å². The molecule has 2 nitrogen and oxygen atoms in total. The van der Waals surface area contributed by atoms with Gasteiger partial charge in [0.1, 0.15) is 0 Å². The van der Waals surface area contributed by atoms with Gasteiger partial charge in [-0.1, -0.05) is 130 Å². The highest BCUT2D eigenvalue weighted by Gasteiger charge is 2.12. The van der Waals surface area contributed by atoms with Gasteiger partial charge in [-0.15, -0.1) is 0 Å². The lowest BCUT2D eigenvalue weighted by atomic mass is 9.94. The lowest BCUT2D eigenvalue weighted by Gasteiger charge is -2.17. The average molecular weight is 411 g/mol. The highest BCUT2D eigenvalue weighted by atomic mass is 16.5. The average Bonchev–Trinajstić information content (AvgIpc) is 2.73. The number of rotatable bonds is 23. The lowest BCUT2D eigenvalue weighted by molar-refractivity contribution is -0.145. The molecular weight excluding hydrogens is 356 g/mol. The summed E-state index contributed by atoms with van der Waals surface area (Å²) in [7, 11) is 0. The number of unbranched alkanes of at least 4 members (excludes halogenated alkanes) is 15. The van der Waals surface area contributed by atoms with Crippen LogP contribution in [0.3, 0.4) is 0 Å². The molecule has 0 saturated carbocycles. The molecule has 0 aliphatic carbocycles. The van der Waals surface area contributed by atoms with Gasteiger partial charge in [0, 0.05) is 6.42 Å². The summed E-state index contributed by atoms with van der Waals surface area (Å²) >= 11 is 0. The first-order valence-electron chi connectivity index (χ1n) is 13.4. The SMILES string of the molecule is CCCCCCCCCC[C@@H](CCCCCCCC)COC(=O)CCCCCC. The summed E-state index contributed by atoms with van der Waals surface area (Å²) in [5.74, 6) is 0.617. The van der Waals surface area contributed by atoms with E-state index < -0.39 is 0 Å². The van der Waals surface area contributed by atoms with Gasteiger partial charge < -0.3 is 4.74 Å². The second-order valence-electron chi connectivity index (χ2n) is 9.18. The first kappa shape index (κ1) is 28.5. The summed E-state index contributed by atoms with van der Waals surface area (Å²) < 4.78 is 5.66. The standard InChI is InChI=1S/C27H54O2/c1-4-7-10-13-15-16-18-20-23-26(22-19-17-14-11-8-5-2)25-29-27(28)24-21-12-9-6-3/h26H,4-25H2,1-3H3/t26-/m1/s1. The molecule has 0 N–H and O–H groups in total. The minimum absolute atomic E-state index is 0.0324. The van der Waals surface area contributed by atoms with Crippen LogP contribution in [0.4, 0.5) is 0 Å². The van der Waals surface area contributed by atoms with Gasteiger partial charge in [0.15, 0.2) is 0 Å². The fourth-order valence-corrected chi connectivity index (χ4v) is 4.07. The van der Waals surface area contributed by atoms with Crippen LogP contribution >= 0.6 is 0 Å². The van der Waals surface area contributed by atoms with Crippen LogP contribution in [-0.2, 0) is 9.53 Å². The van der Waals surface area contributed by atoms with Crippen LogP contribution in [0.1, 0.15) is 156 Å². The molecule has 0 aromatic carbocycles. The Kier molecular flexibility index (Phi) is 23.3. The molecule has 1 atom stereocenters. The molecule has 0 radical (unpaired) electrons. The Hall–Kier alpha value is -0.530. The maximum atomic E-state index is 12.0. The van der Waals surface area contributed by atoms with E-state index in [1.165, 1.54) is 116 Å². The Labute approximate surface area is 184 Å². The molecule has 0 spiro atoms. The molecule has 0 amide bonds. The van der Waals surface area contributed by atoms with Crippen LogP contribution in [0.5, 0.6) is 0 Å². The van der Waals surface area contributed by atoms with Gasteiger partial charge in [-0.2, -0.15) is 0 Å². The van der Waals surface area contributed by atoms with Gasteiger partial charge in [0.2, 0.25) is 0 Å². The van der Waals surface area contributed by atoms with E-state index in [1.54, 1.807) is 0 Å². The minimum Gasteiger partial charge on any atom is -0.465 e. The Morgan fingerprint density at radius 3 is 1.38 bits per heavy atom. The Bertz CT molecular complexity index is 326. The van der Waals surface area contributed by atoms with Gasteiger partial charge in [0.25, 0.3) is 0 Å². The van der Waals surface area contributed by atoms with Crippen molar-refractivity contribution in [3.63, 3.8) is 0 Å². The molecule has 0 unspecified atom stereocenters. The van der Waals surface area contributed by atoms with Gasteiger partial charge in [0.05, 0.1) is 6.61 Å². The van der Waals surface area contributed by atoms with Crippen molar-refractivity contribution >= 4 is 5.97 Å². The van der Waals surface area contributed by atoms with E-state index in [4.69, 9.17) is 4.74 Å². The van der Waals surface area contributed by atoms with Crippen molar-refractivity contribution in [2.45, 2.75) is 156 Å². The highest BCUT2D eigenvalue weighted by Crippen LogP contribution is 2.20. The van der Waals surface area contributed by atoms with Crippen molar-refractivity contribution in [2.75, 3.05) is 6.61 Å². The molecule has 0 rings (SSSR count). The van der Waals surface area contributed by atoms with Gasteiger partial charge >= 0.3 is 5.97 Å². The molecule has 174 valence electrons. The van der Waals surface area contributed by atoms with Crippen molar-refractivity contribution in [2.24, 2.45) is 5.92 Å². The van der Waals surface area contributed by atoms with Crippen molar-refractivity contribution < 1.29 is 9.53 Å². The normalized spacial score (nSPS) is 12.2. The zero-order chi connectivity index (χ0) is 21.4. The molecule has 2 heteroatoms. The number of esters is 1. The van der Waals surface area contributed by atoms with E-state index in [1.807, 2.05) is 0 Å². The number of carbonyl (C=O) groups excluding carboxylic acids is 1. The van der Waals surface area contributed by atoms with E-state index in [9.17, 15) is 4.79 Å². The molecule has 0 aliphatic rings. The third-order valence-electron chi connectivity index (χ3n) is 6.15. The topological polar surface area (TPSA) is 26.3 Å². The Morgan fingerprint density at radius 2 is 0.931 bits per heavy atom. The van der Waals surface area contributed by atoms with Crippen molar-refractivity contribution in [3.05, 3.63) is 0 Å². The smallest absolute Gasteiger partial charge is 0.305 e. The van der Waals surface area contributed by atoms with Crippen molar-refractivity contribution in [1.82, 2.24) is 0 Å². The van der Waals surface area contributed by atoms with Crippen LogP contribution in [0.2, 0.25) is 0 Å². The van der Waals surface area contributed by atoms with Gasteiger partial charge in [-0.25, -0.2) is 0 Å². The van der Waals surface area contributed by atoms with Crippen LogP contribution < -0.4 is 0 Å². The lowest BCUT2D eigenvalue weighted by Crippen LogP contribution is -2.14. The van der Waals surface area contributed by atoms with E-state index in [0.717, 1.165) is 12.8 Å². The van der Waals surface area contributed by atoms with E-state index in [2.05, 4.69) is 20.8 Å². The van der Waals surface area contributed by atoms with Crippen LogP contribution in [-0.4, -0.2) is 12.6 Å². The molecule has 0 heterocycles. The second-order valence-corrected chi connectivity index (χ2v) is 9.18. The first-order valence-corrected chi connectivity index (χ1v) is 13.4. The molecule has 0 aromatic heterocycles. The zero-order valence-corrected chi connectivity index (χ0v) is 20.5. The van der Waals surface area contributed by atoms with E-state index in [0.29, 0.717) is 18.9 Å². The number of hydrogen-bond donors (Lipinski definition) is 0. The maximum absolute atomic E-state index is 12.0. The third kappa shape index (κ3) is 22.0. The molecule has 0 bridgehead atoms. The molecule has 0 aliphatic heterocycles. The summed E-state index contributed by atoms with van der Waals surface area (Å²) in [6, 6.07) is 0. The highest BCUT2D eigenvalue weighted by molar-refractivity contribution is 5.69. The minimum atomic E-state index is 0.0324. The molecule has 0 fully saturated rings. The monoisotopic (exact) mass is 410 g/mol.